The Morgan fingerprint density at radius 2 is 1.05 bits per heavy atom. The lowest BCUT2D eigenvalue weighted by Crippen LogP contribution is -2.63. The molecule has 110 heavy (non-hydrogen) atoms. The van der Waals surface area contributed by atoms with Crippen LogP contribution in [0.1, 0.15) is 273 Å². The van der Waals surface area contributed by atoms with E-state index >= 15 is 0 Å². The first-order chi connectivity index (χ1) is 52.6. The maximum absolute atomic E-state index is 13.7. The summed E-state index contributed by atoms with van der Waals surface area (Å²) in [7, 11) is -4.54. The van der Waals surface area contributed by atoms with Gasteiger partial charge in [0.2, 0.25) is 0 Å². The summed E-state index contributed by atoms with van der Waals surface area (Å²) in [5, 5.41) is 126. The summed E-state index contributed by atoms with van der Waals surface area (Å²) >= 11 is 0. The van der Waals surface area contributed by atoms with Gasteiger partial charge in [0.25, 0.3) is 0 Å². The van der Waals surface area contributed by atoms with Gasteiger partial charge in [-0.25, -0.2) is 0 Å². The summed E-state index contributed by atoms with van der Waals surface area (Å²) in [6.45, 7) is 9.80. The highest BCUT2D eigenvalue weighted by atomic mass is 31.2. The van der Waals surface area contributed by atoms with Gasteiger partial charge in [0.05, 0.1) is 92.4 Å². The molecule has 3 rings (SSSR count). The van der Waals surface area contributed by atoms with Crippen molar-refractivity contribution in [1.82, 2.24) is 5.32 Å². The van der Waals surface area contributed by atoms with Crippen LogP contribution < -0.4 is 5.32 Å². The number of carboxylic acid groups (broad SMARTS) is 1. The second-order valence-electron chi connectivity index (χ2n) is 30.9. The Labute approximate surface area is 656 Å². The van der Waals surface area contributed by atoms with Gasteiger partial charge in [0, 0.05) is 56.9 Å². The predicted molar refractivity (Wildman–Crippen MR) is 423 cm³/mol. The van der Waals surface area contributed by atoms with Crippen molar-refractivity contribution in [2.24, 2.45) is 17.8 Å². The molecule has 0 radical (unpaired) electrons. The summed E-state index contributed by atoms with van der Waals surface area (Å²) in [5.41, 5.74) is 0. The third kappa shape index (κ3) is 44.5. The van der Waals surface area contributed by atoms with Gasteiger partial charge >= 0.3 is 31.5 Å². The van der Waals surface area contributed by atoms with Crippen molar-refractivity contribution in [1.29, 1.82) is 0 Å². The molecule has 0 aromatic carbocycles. The fourth-order valence-corrected chi connectivity index (χ4v) is 14.9. The number of allylic oxidation sites excluding steroid dienone is 12. The number of aliphatic hydroxyl groups is 10. The van der Waals surface area contributed by atoms with Crippen LogP contribution in [0.4, 0.5) is 0 Å². The SMILES string of the molecule is CCCCCCCCCCCCCCCC(=O)OC[C@H](COP(=O)(O)CCN[C@@H]1[C@H](O)[C@H](O[C@H]2/C=C/C=C/C=C/C=C/C=C/C=C/C=C/[C@H](C)[C@@H](O)[C@@H](C)[C@H](C)OC(=O)C[C@H](O)C[C@H](O)CC[C@@H](O)[C@H](O)C[C@H](O)C[C@]3(O)C[C@H](O)[C@@H](C(=O)O)[C@H](C2)O3)O[C@H](C)[C@H]1O)OC(=O)CCCCCCCCCCCCCCC. The Kier molecular flexibility index (Phi) is 53.1. The molecule has 2 fully saturated rings. The van der Waals surface area contributed by atoms with Crippen LogP contribution >= 0.6 is 7.60 Å². The molecule has 3 aliphatic heterocycles. The average molecular weight is 1580 g/mol. The number of nitrogens with one attached hydrogen (secondary N) is 1. The second kappa shape index (κ2) is 58.5. The van der Waals surface area contributed by atoms with Crippen molar-refractivity contribution in [2.75, 3.05) is 25.9 Å². The highest BCUT2D eigenvalue weighted by Gasteiger charge is 2.51. The molecule has 26 heteroatoms. The van der Waals surface area contributed by atoms with Crippen LogP contribution in [-0.2, 0) is 56.7 Å². The molecule has 3 heterocycles. The van der Waals surface area contributed by atoms with Crippen molar-refractivity contribution >= 4 is 31.5 Å². The molecule has 0 spiro atoms. The molecular formula is C84H144NO24P. The van der Waals surface area contributed by atoms with Crippen LogP contribution in [0.2, 0.25) is 0 Å². The van der Waals surface area contributed by atoms with E-state index in [1.165, 1.54) is 116 Å². The molecule has 0 aromatic heterocycles. The molecule has 13 N–H and O–H groups in total. The van der Waals surface area contributed by atoms with Crippen molar-refractivity contribution < 1.29 is 118 Å². The van der Waals surface area contributed by atoms with E-state index in [1.807, 2.05) is 13.0 Å². The highest BCUT2D eigenvalue weighted by molar-refractivity contribution is 7.52. The molecule has 21 atom stereocenters. The zero-order valence-corrected chi connectivity index (χ0v) is 67.9. The summed E-state index contributed by atoms with van der Waals surface area (Å²) < 4.78 is 54.5. The largest absolute Gasteiger partial charge is 0.481 e. The maximum atomic E-state index is 13.7. The van der Waals surface area contributed by atoms with Gasteiger partial charge < -0.3 is 99.3 Å². The Hall–Kier alpha value is -4.35. The topological polar surface area (TPSA) is 405 Å². The van der Waals surface area contributed by atoms with Crippen molar-refractivity contribution in [2.45, 2.75) is 376 Å². The highest BCUT2D eigenvalue weighted by Crippen LogP contribution is 2.42. The minimum absolute atomic E-state index is 0.0964. The number of hydrogen-bond donors (Lipinski definition) is 13. The summed E-state index contributed by atoms with van der Waals surface area (Å²) in [5.74, 6) is -8.28. The number of hydrogen-bond acceptors (Lipinski definition) is 23. The molecule has 0 aromatic rings. The van der Waals surface area contributed by atoms with Gasteiger partial charge in [0.1, 0.15) is 24.7 Å². The number of fused-ring (bicyclic) bond motifs is 2. The number of ether oxygens (including phenoxy) is 6. The maximum Gasteiger partial charge on any atom is 0.329 e. The number of carbonyl (C=O) groups is 4. The zero-order chi connectivity index (χ0) is 81.1. The van der Waals surface area contributed by atoms with E-state index in [-0.39, 0.29) is 44.6 Å². The van der Waals surface area contributed by atoms with Crippen molar-refractivity contribution in [3.05, 3.63) is 85.1 Å². The van der Waals surface area contributed by atoms with E-state index in [9.17, 15) is 84.8 Å². The lowest BCUT2D eigenvalue weighted by Gasteiger charge is -2.45. The number of carbonyl (C=O) groups excluding carboxylic acids is 3. The first kappa shape index (κ1) is 99.8. The van der Waals surface area contributed by atoms with E-state index in [1.54, 1.807) is 86.8 Å². The van der Waals surface area contributed by atoms with Crippen LogP contribution in [0.15, 0.2) is 85.1 Å². The van der Waals surface area contributed by atoms with Gasteiger partial charge in [-0.15, -0.1) is 0 Å². The van der Waals surface area contributed by atoms with Crippen LogP contribution in [0, 0.1) is 17.8 Å². The lowest BCUT2D eigenvalue weighted by atomic mass is 9.82. The Balaban J connectivity index is 1.79. The third-order valence-corrected chi connectivity index (χ3v) is 22.2. The van der Waals surface area contributed by atoms with E-state index in [4.69, 9.17) is 32.9 Å². The normalized spacial score (nSPS) is 32.5. The predicted octanol–water partition coefficient (Wildman–Crippen LogP) is 12.0. The van der Waals surface area contributed by atoms with Crippen LogP contribution in [0.5, 0.6) is 0 Å². The number of rotatable bonds is 41. The first-order valence-corrected chi connectivity index (χ1v) is 43.3. The van der Waals surface area contributed by atoms with Gasteiger partial charge in [-0.2, -0.15) is 0 Å². The molecule has 1 unspecified atom stereocenters. The fourth-order valence-electron chi connectivity index (χ4n) is 14.0. The third-order valence-electron chi connectivity index (χ3n) is 20.9. The molecule has 0 aliphatic carbocycles. The number of carboxylic acids is 1. The molecule has 2 saturated heterocycles. The Morgan fingerprint density at radius 3 is 1.56 bits per heavy atom. The van der Waals surface area contributed by atoms with E-state index in [0.717, 1.165) is 51.4 Å². The monoisotopic (exact) mass is 1580 g/mol. The summed E-state index contributed by atoms with van der Waals surface area (Å²) in [6.07, 6.45) is 29.0. The molecule has 0 saturated carbocycles. The minimum Gasteiger partial charge on any atom is -0.481 e. The van der Waals surface area contributed by atoms with Crippen molar-refractivity contribution in [3.63, 3.8) is 0 Å². The van der Waals surface area contributed by atoms with Gasteiger partial charge in [-0.1, -0.05) is 267 Å². The van der Waals surface area contributed by atoms with Crippen LogP contribution in [0.3, 0.4) is 0 Å². The Bertz CT molecular complexity index is 2750. The quantitative estimate of drug-likeness (QED) is 0.0117. The number of cyclic esters (lactones) is 1. The van der Waals surface area contributed by atoms with Gasteiger partial charge in [-0.3, -0.25) is 23.7 Å². The number of unbranched alkanes of at least 4 members (excludes halogenated alkanes) is 24. The standard InChI is InChI=1S/C84H144NO24P/c1-7-9-11-13-15-17-19-21-27-31-35-39-43-47-74(92)103-59-69(107-75(93)48-44-40-36-32-28-22-20-18-16-14-12-10-8-2)60-104-110(101,102)52-51-85-78-80(96)64(6)106-83(81(78)97)108-68-46-42-38-34-30-26-24-23-25-29-33-37-41-45-61(3)79(95)62(4)63(5)105-76(94)55-66(87)53-65(86)49-50-70(89)71(90)54-67(88)57-84(100)58-72(91)77(82(98)99)73(56-68)109-84/h23-26,29-30,33-34,37-38,41-42,45-46,61-73,77-81,83,85-91,95-97,100H,7-22,27-28,31-32,35-36,39-40,43-44,47-60H2,1-6H3,(H,98,99)(H,101,102)/b24-23+,29-25+,30-26+,37-33+,38-34+,45-41+,46-42+/t61-,62-,63-,64+,65+,66+,67-,68-,69+,70+,71+,72-,73-,77+,78-,79+,80+,81-,83-,84+/m0/s1. The molecule has 25 nitrogen and oxygen atoms in total. The van der Waals surface area contributed by atoms with Crippen molar-refractivity contribution in [3.8, 4) is 0 Å². The van der Waals surface area contributed by atoms with E-state index in [2.05, 4.69) is 19.2 Å². The number of aliphatic carboxylic acids is 1. The second-order valence-corrected chi connectivity index (χ2v) is 32.9. The van der Waals surface area contributed by atoms with Gasteiger partial charge in [-0.05, 0) is 46.0 Å². The zero-order valence-electron chi connectivity index (χ0n) is 67.0. The van der Waals surface area contributed by atoms with Crippen LogP contribution in [0.25, 0.3) is 0 Å². The number of aliphatic hydroxyl groups excluding tert-OH is 9. The molecule has 634 valence electrons. The fraction of sp³-hybridized carbons (Fsp3) is 0.786. The number of esters is 3. The first-order valence-electron chi connectivity index (χ1n) is 41.6. The molecule has 2 bridgehead atoms. The van der Waals surface area contributed by atoms with Crippen LogP contribution in [-0.4, -0.2) is 214 Å². The lowest BCUT2D eigenvalue weighted by molar-refractivity contribution is -0.309. The molecule has 3 aliphatic rings. The van der Waals surface area contributed by atoms with Gasteiger partial charge in [0.15, 0.2) is 18.2 Å². The van der Waals surface area contributed by atoms with E-state index < -0.39 is 198 Å². The van der Waals surface area contributed by atoms with E-state index in [0.29, 0.717) is 12.8 Å². The molecule has 0 amide bonds. The average Bonchev–Trinajstić information content (AvgIpc) is 0.787. The Morgan fingerprint density at radius 1 is 0.555 bits per heavy atom. The summed E-state index contributed by atoms with van der Waals surface area (Å²) in [6, 6.07) is -1.29. The smallest absolute Gasteiger partial charge is 0.329 e. The molecular weight excluding hydrogens is 1440 g/mol. The minimum atomic E-state index is -4.54. The summed E-state index contributed by atoms with van der Waals surface area (Å²) in [4.78, 5) is 63.2.